The Morgan fingerprint density at radius 1 is 1.42 bits per heavy atom. The molecule has 0 aromatic heterocycles. The van der Waals surface area contributed by atoms with Crippen molar-refractivity contribution < 1.29 is 4.74 Å². The van der Waals surface area contributed by atoms with Gasteiger partial charge in [0.05, 0.1) is 12.1 Å². The van der Waals surface area contributed by atoms with Gasteiger partial charge < -0.3 is 10.1 Å². The van der Waals surface area contributed by atoms with Crippen LogP contribution in [0.4, 0.5) is 0 Å². The summed E-state index contributed by atoms with van der Waals surface area (Å²) in [6.45, 7) is 6.39. The fraction of sp³-hybridized carbons (Fsp3) is 0.889. The average molecular weight is 170 g/mol. The van der Waals surface area contributed by atoms with Gasteiger partial charge >= 0.3 is 0 Å². The van der Waals surface area contributed by atoms with Crippen LogP contribution in [0.2, 0.25) is 0 Å². The van der Waals surface area contributed by atoms with Gasteiger partial charge in [0.2, 0.25) is 0 Å². The Morgan fingerprint density at radius 2 is 2.17 bits per heavy atom. The topological polar surface area (TPSA) is 45.0 Å². The smallest absolute Gasteiger partial charge is 0.0974 e. The molecule has 0 bridgehead atoms. The normalized spacial score (nSPS) is 12.4. The molecule has 3 heteroatoms. The van der Waals surface area contributed by atoms with Crippen LogP contribution in [0.5, 0.6) is 0 Å². The first-order valence-corrected chi connectivity index (χ1v) is 4.55. The number of ether oxygens (including phenoxy) is 1. The van der Waals surface area contributed by atoms with Crippen molar-refractivity contribution in [2.45, 2.75) is 32.7 Å². The highest BCUT2D eigenvalue weighted by Gasteiger charge is 2.03. The third-order valence-corrected chi connectivity index (χ3v) is 1.51. The zero-order valence-corrected chi connectivity index (χ0v) is 7.97. The maximum Gasteiger partial charge on any atom is 0.0974 e. The molecule has 0 saturated carbocycles. The number of rotatable bonds is 7. The monoisotopic (exact) mass is 170 g/mol. The van der Waals surface area contributed by atoms with Crippen molar-refractivity contribution in [3.05, 3.63) is 0 Å². The van der Waals surface area contributed by atoms with Crippen LogP contribution < -0.4 is 5.32 Å². The van der Waals surface area contributed by atoms with E-state index in [1.54, 1.807) is 0 Å². The maximum absolute atomic E-state index is 8.65. The molecule has 0 amide bonds. The molecule has 3 nitrogen and oxygen atoms in total. The molecule has 1 atom stereocenters. The van der Waals surface area contributed by atoms with Gasteiger partial charge in [-0.15, -0.1) is 0 Å². The van der Waals surface area contributed by atoms with E-state index in [4.69, 9.17) is 10.00 Å². The molecule has 0 saturated heterocycles. The standard InChI is InChI=1S/C9H18N2O/c1-3-6-12-7-5-9(8-10)11-4-2/h9,11H,3-7H2,1-2H3. The van der Waals surface area contributed by atoms with E-state index < -0.39 is 0 Å². The third-order valence-electron chi connectivity index (χ3n) is 1.51. The van der Waals surface area contributed by atoms with E-state index in [1.807, 2.05) is 6.92 Å². The molecule has 12 heavy (non-hydrogen) atoms. The van der Waals surface area contributed by atoms with Gasteiger partial charge in [0.1, 0.15) is 0 Å². The molecular formula is C9H18N2O. The predicted molar refractivity (Wildman–Crippen MR) is 48.8 cm³/mol. The molecule has 0 fully saturated rings. The van der Waals surface area contributed by atoms with Gasteiger partial charge in [0.25, 0.3) is 0 Å². The predicted octanol–water partition coefficient (Wildman–Crippen LogP) is 1.30. The summed E-state index contributed by atoms with van der Waals surface area (Å²) >= 11 is 0. The van der Waals surface area contributed by atoms with Crippen molar-refractivity contribution in [2.75, 3.05) is 19.8 Å². The zero-order chi connectivity index (χ0) is 9.23. The quantitative estimate of drug-likeness (QED) is 0.586. The fourth-order valence-electron chi connectivity index (χ4n) is 0.906. The lowest BCUT2D eigenvalue weighted by atomic mass is 10.2. The molecule has 0 aromatic rings. The van der Waals surface area contributed by atoms with E-state index in [2.05, 4.69) is 18.3 Å². The summed E-state index contributed by atoms with van der Waals surface area (Å²) in [5.41, 5.74) is 0. The largest absolute Gasteiger partial charge is 0.381 e. The van der Waals surface area contributed by atoms with Crippen LogP contribution in [-0.2, 0) is 4.74 Å². The lowest BCUT2D eigenvalue weighted by molar-refractivity contribution is 0.128. The van der Waals surface area contributed by atoms with Gasteiger partial charge in [0, 0.05) is 13.2 Å². The van der Waals surface area contributed by atoms with Crippen LogP contribution >= 0.6 is 0 Å². The second-order valence-electron chi connectivity index (χ2n) is 2.64. The van der Waals surface area contributed by atoms with E-state index >= 15 is 0 Å². The fourth-order valence-corrected chi connectivity index (χ4v) is 0.906. The molecule has 0 aliphatic heterocycles. The van der Waals surface area contributed by atoms with E-state index in [0.29, 0.717) is 6.61 Å². The number of hydrogen-bond donors (Lipinski definition) is 1. The number of nitrogens with zero attached hydrogens (tertiary/aromatic N) is 1. The Labute approximate surface area is 74.7 Å². The van der Waals surface area contributed by atoms with Crippen molar-refractivity contribution in [3.63, 3.8) is 0 Å². The molecule has 0 heterocycles. The molecule has 0 spiro atoms. The highest BCUT2D eigenvalue weighted by atomic mass is 16.5. The summed E-state index contributed by atoms with van der Waals surface area (Å²) in [6.07, 6.45) is 1.82. The van der Waals surface area contributed by atoms with Gasteiger partial charge in [-0.1, -0.05) is 13.8 Å². The second-order valence-corrected chi connectivity index (χ2v) is 2.64. The highest BCUT2D eigenvalue weighted by molar-refractivity contribution is 4.88. The minimum Gasteiger partial charge on any atom is -0.381 e. The number of nitrogens with one attached hydrogen (secondary N) is 1. The minimum absolute atomic E-state index is 0.0492. The van der Waals surface area contributed by atoms with Crippen molar-refractivity contribution in [1.29, 1.82) is 5.26 Å². The van der Waals surface area contributed by atoms with Gasteiger partial charge in [0.15, 0.2) is 0 Å². The minimum atomic E-state index is -0.0492. The first-order valence-electron chi connectivity index (χ1n) is 4.55. The average Bonchev–Trinajstić information content (AvgIpc) is 2.10. The van der Waals surface area contributed by atoms with E-state index in [9.17, 15) is 0 Å². The first kappa shape index (κ1) is 11.4. The lowest BCUT2D eigenvalue weighted by Crippen LogP contribution is -2.28. The summed E-state index contributed by atoms with van der Waals surface area (Å²) < 4.78 is 5.27. The second kappa shape index (κ2) is 8.51. The van der Waals surface area contributed by atoms with Crippen LogP contribution in [0, 0.1) is 11.3 Å². The van der Waals surface area contributed by atoms with Crippen LogP contribution in [0.3, 0.4) is 0 Å². The van der Waals surface area contributed by atoms with Crippen molar-refractivity contribution in [2.24, 2.45) is 0 Å². The molecular weight excluding hydrogens is 152 g/mol. The Morgan fingerprint density at radius 3 is 2.67 bits per heavy atom. The molecule has 0 aliphatic rings. The Kier molecular flexibility index (Phi) is 8.09. The van der Waals surface area contributed by atoms with Gasteiger partial charge in [-0.25, -0.2) is 0 Å². The molecule has 1 N–H and O–H groups in total. The summed E-state index contributed by atoms with van der Waals surface area (Å²) in [6, 6.07) is 2.14. The van der Waals surface area contributed by atoms with E-state index in [0.717, 1.165) is 26.0 Å². The van der Waals surface area contributed by atoms with Crippen LogP contribution in [-0.4, -0.2) is 25.8 Å². The molecule has 1 unspecified atom stereocenters. The molecule has 0 aliphatic carbocycles. The number of nitriles is 1. The summed E-state index contributed by atoms with van der Waals surface area (Å²) in [5, 5.41) is 11.7. The molecule has 0 rings (SSSR count). The molecule has 0 radical (unpaired) electrons. The van der Waals surface area contributed by atoms with Gasteiger partial charge in [-0.05, 0) is 19.4 Å². The van der Waals surface area contributed by atoms with Gasteiger partial charge in [-0.2, -0.15) is 5.26 Å². The molecule has 70 valence electrons. The Balaban J connectivity index is 3.27. The number of hydrogen-bond acceptors (Lipinski definition) is 3. The van der Waals surface area contributed by atoms with E-state index in [1.165, 1.54) is 0 Å². The summed E-state index contributed by atoms with van der Waals surface area (Å²) in [4.78, 5) is 0. The van der Waals surface area contributed by atoms with Crippen molar-refractivity contribution in [3.8, 4) is 6.07 Å². The Hall–Kier alpha value is -0.590. The lowest BCUT2D eigenvalue weighted by Gasteiger charge is -2.08. The zero-order valence-electron chi connectivity index (χ0n) is 7.97. The Bertz CT molecular complexity index is 131. The van der Waals surface area contributed by atoms with Crippen LogP contribution in [0.15, 0.2) is 0 Å². The SMILES string of the molecule is CCCOCCC(C#N)NCC. The van der Waals surface area contributed by atoms with Gasteiger partial charge in [-0.3, -0.25) is 0 Å². The summed E-state index contributed by atoms with van der Waals surface area (Å²) in [5.74, 6) is 0. The van der Waals surface area contributed by atoms with Crippen LogP contribution in [0.1, 0.15) is 26.7 Å². The highest BCUT2D eigenvalue weighted by Crippen LogP contribution is 1.91. The van der Waals surface area contributed by atoms with Crippen molar-refractivity contribution >= 4 is 0 Å². The third kappa shape index (κ3) is 6.14. The van der Waals surface area contributed by atoms with Crippen molar-refractivity contribution in [1.82, 2.24) is 5.32 Å². The molecule has 0 aromatic carbocycles. The maximum atomic E-state index is 8.65. The van der Waals surface area contributed by atoms with E-state index in [-0.39, 0.29) is 6.04 Å². The summed E-state index contributed by atoms with van der Waals surface area (Å²) in [7, 11) is 0. The van der Waals surface area contributed by atoms with Crippen LogP contribution in [0.25, 0.3) is 0 Å². The first-order chi connectivity index (χ1) is 5.85.